The first kappa shape index (κ1) is 14.8. The van der Waals surface area contributed by atoms with Crippen molar-refractivity contribution in [2.75, 3.05) is 12.0 Å². The Balaban J connectivity index is 2.35. The van der Waals surface area contributed by atoms with Crippen LogP contribution in [-0.4, -0.2) is 14.7 Å². The predicted octanol–water partition coefficient (Wildman–Crippen LogP) is 2.48. The molecule has 0 radical (unpaired) electrons. The molecule has 0 bridgehead atoms. The second-order valence-electron chi connectivity index (χ2n) is 4.33. The molecule has 0 aliphatic rings. The van der Waals surface area contributed by atoms with E-state index in [-0.39, 0.29) is 27.6 Å². The molecule has 2 N–H and O–H groups in total. The highest BCUT2D eigenvalue weighted by Crippen LogP contribution is 2.31. The van der Waals surface area contributed by atoms with Crippen molar-refractivity contribution in [3.63, 3.8) is 0 Å². The molecule has 0 saturated heterocycles. The van der Waals surface area contributed by atoms with Gasteiger partial charge >= 0.3 is 0 Å². The summed E-state index contributed by atoms with van der Waals surface area (Å²) in [6, 6.07) is 9.47. The Bertz CT molecular complexity index is 842. The van der Waals surface area contributed by atoms with Crippen LogP contribution < -0.4 is 10.5 Å². The summed E-state index contributed by atoms with van der Waals surface area (Å²) in [5.41, 5.74) is 5.95. The molecule has 2 aromatic rings. The fourth-order valence-corrected chi connectivity index (χ4v) is 2.28. The van der Waals surface area contributed by atoms with Crippen LogP contribution in [0, 0.1) is 17.1 Å². The lowest BCUT2D eigenvalue weighted by Gasteiger charge is -2.10. The van der Waals surface area contributed by atoms with Crippen molar-refractivity contribution < 1.29 is 17.5 Å². The molecule has 21 heavy (non-hydrogen) atoms. The molecular weight excluding hydrogens is 295 g/mol. The number of nitriles is 1. The summed E-state index contributed by atoms with van der Waals surface area (Å²) < 4.78 is 41.8. The minimum atomic E-state index is -3.38. The Kier molecular flexibility index (Phi) is 3.82. The van der Waals surface area contributed by atoms with E-state index in [1.165, 1.54) is 30.3 Å². The van der Waals surface area contributed by atoms with E-state index in [0.717, 1.165) is 12.3 Å². The van der Waals surface area contributed by atoms with Crippen LogP contribution in [0.5, 0.6) is 11.5 Å². The average Bonchev–Trinajstić information content (AvgIpc) is 2.41. The van der Waals surface area contributed by atoms with Crippen molar-refractivity contribution >= 4 is 15.5 Å². The maximum Gasteiger partial charge on any atom is 0.175 e. The van der Waals surface area contributed by atoms with Gasteiger partial charge in [0.05, 0.1) is 22.2 Å². The lowest BCUT2D eigenvalue weighted by atomic mass is 10.2. The molecule has 0 saturated carbocycles. The summed E-state index contributed by atoms with van der Waals surface area (Å²) in [4.78, 5) is 0.0488. The fourth-order valence-electron chi connectivity index (χ4n) is 1.62. The molecule has 0 aromatic heterocycles. The van der Waals surface area contributed by atoms with Crippen molar-refractivity contribution in [3.05, 3.63) is 47.8 Å². The van der Waals surface area contributed by atoms with Gasteiger partial charge in [-0.15, -0.1) is 0 Å². The van der Waals surface area contributed by atoms with Crippen LogP contribution in [-0.2, 0) is 9.84 Å². The first-order chi connectivity index (χ1) is 9.81. The third-order valence-corrected chi connectivity index (χ3v) is 3.80. The van der Waals surface area contributed by atoms with Crippen LogP contribution in [0.3, 0.4) is 0 Å². The van der Waals surface area contributed by atoms with Gasteiger partial charge in [-0.05, 0) is 36.4 Å². The van der Waals surface area contributed by atoms with Crippen molar-refractivity contribution in [2.45, 2.75) is 4.90 Å². The number of halogens is 1. The van der Waals surface area contributed by atoms with Gasteiger partial charge in [0.2, 0.25) is 0 Å². The first-order valence-electron chi connectivity index (χ1n) is 5.78. The standard InChI is InChI=1S/C14H11FN2O3S/c1-21(18,19)10-3-5-14(12(17)7-10)20-13-4-2-9(8-16)6-11(13)15/h2-7H,17H2,1H3. The molecule has 0 atom stereocenters. The zero-order valence-electron chi connectivity index (χ0n) is 11.0. The molecule has 2 aromatic carbocycles. The van der Waals surface area contributed by atoms with Gasteiger partial charge in [-0.25, -0.2) is 12.8 Å². The smallest absolute Gasteiger partial charge is 0.175 e. The summed E-state index contributed by atoms with van der Waals surface area (Å²) in [6.07, 6.45) is 1.06. The van der Waals surface area contributed by atoms with E-state index in [1.54, 1.807) is 0 Å². The number of ether oxygens (including phenoxy) is 1. The summed E-state index contributed by atoms with van der Waals surface area (Å²) in [6.45, 7) is 0. The van der Waals surface area contributed by atoms with Gasteiger partial charge in [0, 0.05) is 6.26 Å². The SMILES string of the molecule is CS(=O)(=O)c1ccc(Oc2ccc(C#N)cc2F)c(N)c1. The van der Waals surface area contributed by atoms with Gasteiger partial charge < -0.3 is 10.5 Å². The third-order valence-electron chi connectivity index (χ3n) is 2.69. The van der Waals surface area contributed by atoms with Crippen LogP contribution in [0.15, 0.2) is 41.3 Å². The molecule has 0 amide bonds. The molecule has 0 aliphatic heterocycles. The van der Waals surface area contributed by atoms with Crippen LogP contribution >= 0.6 is 0 Å². The number of sulfone groups is 1. The van der Waals surface area contributed by atoms with Crippen LogP contribution in [0.25, 0.3) is 0 Å². The third kappa shape index (κ3) is 3.30. The van der Waals surface area contributed by atoms with E-state index in [9.17, 15) is 12.8 Å². The second kappa shape index (κ2) is 5.42. The highest BCUT2D eigenvalue weighted by molar-refractivity contribution is 7.90. The van der Waals surface area contributed by atoms with Gasteiger partial charge in [0.25, 0.3) is 0 Å². The summed E-state index contributed by atoms with van der Waals surface area (Å²) in [5, 5.41) is 8.66. The van der Waals surface area contributed by atoms with Gasteiger partial charge in [-0.2, -0.15) is 5.26 Å². The topological polar surface area (TPSA) is 93.2 Å². The molecule has 108 valence electrons. The Hall–Kier alpha value is -2.59. The summed E-state index contributed by atoms with van der Waals surface area (Å²) >= 11 is 0. The number of anilines is 1. The highest BCUT2D eigenvalue weighted by atomic mass is 32.2. The minimum Gasteiger partial charge on any atom is -0.452 e. The zero-order chi connectivity index (χ0) is 15.6. The first-order valence-corrected chi connectivity index (χ1v) is 7.67. The number of rotatable bonds is 3. The number of hydrogen-bond acceptors (Lipinski definition) is 5. The van der Waals surface area contributed by atoms with Crippen molar-refractivity contribution in [1.82, 2.24) is 0 Å². The predicted molar refractivity (Wildman–Crippen MR) is 75.2 cm³/mol. The van der Waals surface area contributed by atoms with E-state index >= 15 is 0 Å². The Morgan fingerprint density at radius 2 is 1.86 bits per heavy atom. The van der Waals surface area contributed by atoms with E-state index < -0.39 is 15.7 Å². The fraction of sp³-hybridized carbons (Fsp3) is 0.0714. The van der Waals surface area contributed by atoms with Gasteiger partial charge in [0.1, 0.15) is 0 Å². The van der Waals surface area contributed by atoms with Gasteiger partial charge in [-0.1, -0.05) is 0 Å². The summed E-state index contributed by atoms with van der Waals surface area (Å²) in [7, 11) is -3.38. The number of nitrogens with zero attached hydrogens (tertiary/aromatic N) is 1. The Labute approximate surface area is 121 Å². The normalized spacial score (nSPS) is 10.9. The quantitative estimate of drug-likeness (QED) is 0.879. The van der Waals surface area contributed by atoms with Gasteiger partial charge in [-0.3, -0.25) is 0 Å². The summed E-state index contributed by atoms with van der Waals surface area (Å²) in [5.74, 6) is -0.681. The minimum absolute atomic E-state index is 0.0488. The van der Waals surface area contributed by atoms with Gasteiger partial charge in [0.15, 0.2) is 27.2 Å². The lowest BCUT2D eigenvalue weighted by molar-refractivity contribution is 0.443. The number of nitrogen functional groups attached to an aromatic ring is 1. The maximum atomic E-state index is 13.7. The molecule has 5 nitrogen and oxygen atoms in total. The Morgan fingerprint density at radius 3 is 2.38 bits per heavy atom. The monoisotopic (exact) mass is 306 g/mol. The molecule has 0 heterocycles. The van der Waals surface area contributed by atoms with E-state index in [2.05, 4.69) is 0 Å². The highest BCUT2D eigenvalue weighted by Gasteiger charge is 2.12. The van der Waals surface area contributed by atoms with E-state index in [4.69, 9.17) is 15.7 Å². The van der Waals surface area contributed by atoms with Crippen molar-refractivity contribution in [2.24, 2.45) is 0 Å². The molecular formula is C14H11FN2O3S. The molecule has 0 fully saturated rings. The van der Waals surface area contributed by atoms with Crippen LogP contribution in [0.4, 0.5) is 10.1 Å². The maximum absolute atomic E-state index is 13.7. The Morgan fingerprint density at radius 1 is 1.19 bits per heavy atom. The largest absolute Gasteiger partial charge is 0.452 e. The zero-order valence-corrected chi connectivity index (χ0v) is 11.8. The molecule has 0 unspecified atom stereocenters. The van der Waals surface area contributed by atoms with Crippen molar-refractivity contribution in [3.8, 4) is 17.6 Å². The molecule has 0 spiro atoms. The van der Waals surface area contributed by atoms with Crippen LogP contribution in [0.1, 0.15) is 5.56 Å². The molecule has 0 aliphatic carbocycles. The number of benzene rings is 2. The van der Waals surface area contributed by atoms with Crippen molar-refractivity contribution in [1.29, 1.82) is 5.26 Å². The number of nitrogens with two attached hydrogens (primary N) is 1. The number of hydrogen-bond donors (Lipinski definition) is 1. The average molecular weight is 306 g/mol. The van der Waals surface area contributed by atoms with E-state index in [1.807, 2.05) is 6.07 Å². The lowest BCUT2D eigenvalue weighted by Crippen LogP contribution is -2.00. The van der Waals surface area contributed by atoms with E-state index in [0.29, 0.717) is 0 Å². The van der Waals surface area contributed by atoms with Crippen LogP contribution in [0.2, 0.25) is 0 Å². The molecule has 2 rings (SSSR count). The molecule has 7 heteroatoms. The second-order valence-corrected chi connectivity index (χ2v) is 6.35.